The number of nitrogens with zero attached hydrogens (tertiary/aromatic N) is 2. The lowest BCUT2D eigenvalue weighted by Crippen LogP contribution is -2.45. The lowest BCUT2D eigenvalue weighted by Gasteiger charge is -2.33. The van der Waals surface area contributed by atoms with Gasteiger partial charge in [-0.15, -0.1) is 37.2 Å². The van der Waals surface area contributed by atoms with Gasteiger partial charge >= 0.3 is 0 Å². The molecule has 2 N–H and O–H groups in total. The lowest BCUT2D eigenvalue weighted by atomic mass is 10.0. The number of rotatable bonds is 5. The molecule has 2 aliphatic heterocycles. The van der Waals surface area contributed by atoms with Gasteiger partial charge in [0.1, 0.15) is 5.82 Å². The van der Waals surface area contributed by atoms with Crippen molar-refractivity contribution in [1.82, 2.24) is 15.6 Å². The SMILES string of the molecule is Cc1ccc(N2CCC(NC(=O)CCC3CCNC3)CC2)nc1.Cl.Cl.Cl. The molecule has 8 heteroatoms. The molecular weight excluding hydrogens is 395 g/mol. The second-order valence-corrected chi connectivity index (χ2v) is 6.92. The Morgan fingerprint density at radius 2 is 1.96 bits per heavy atom. The van der Waals surface area contributed by atoms with Crippen LogP contribution in [0.15, 0.2) is 18.3 Å². The van der Waals surface area contributed by atoms with Gasteiger partial charge in [0.25, 0.3) is 0 Å². The molecule has 1 aromatic rings. The van der Waals surface area contributed by atoms with Gasteiger partial charge in [0.15, 0.2) is 0 Å². The molecule has 150 valence electrons. The normalized spacial score (nSPS) is 19.7. The predicted molar refractivity (Wildman–Crippen MR) is 114 cm³/mol. The van der Waals surface area contributed by atoms with Crippen LogP contribution in [0.5, 0.6) is 0 Å². The van der Waals surface area contributed by atoms with Crippen LogP contribution in [0.3, 0.4) is 0 Å². The van der Waals surface area contributed by atoms with Crippen molar-refractivity contribution < 1.29 is 4.79 Å². The molecule has 0 radical (unpaired) electrons. The van der Waals surface area contributed by atoms with Crippen molar-refractivity contribution >= 4 is 48.9 Å². The Morgan fingerprint density at radius 1 is 1.23 bits per heavy atom. The second-order valence-electron chi connectivity index (χ2n) is 6.92. The minimum Gasteiger partial charge on any atom is -0.356 e. The fourth-order valence-electron chi connectivity index (χ4n) is 3.50. The summed E-state index contributed by atoms with van der Waals surface area (Å²) in [5.74, 6) is 1.97. The summed E-state index contributed by atoms with van der Waals surface area (Å²) in [5.41, 5.74) is 1.19. The standard InChI is InChI=1S/C18H28N4O.3ClH/c1-14-2-4-17(20-12-14)22-10-7-16(8-11-22)21-18(23)5-3-15-6-9-19-13-15;;;/h2,4,12,15-16,19H,3,5-11,13H2,1H3,(H,21,23);3*1H. The summed E-state index contributed by atoms with van der Waals surface area (Å²) < 4.78 is 0. The van der Waals surface area contributed by atoms with Gasteiger partial charge in [-0.05, 0) is 63.2 Å². The average molecular weight is 426 g/mol. The van der Waals surface area contributed by atoms with Crippen LogP contribution < -0.4 is 15.5 Å². The van der Waals surface area contributed by atoms with Gasteiger partial charge in [-0.1, -0.05) is 6.07 Å². The predicted octanol–water partition coefficient (Wildman–Crippen LogP) is 3.13. The van der Waals surface area contributed by atoms with E-state index in [0.29, 0.717) is 18.4 Å². The highest BCUT2D eigenvalue weighted by molar-refractivity contribution is 5.86. The van der Waals surface area contributed by atoms with Gasteiger partial charge in [-0.3, -0.25) is 4.79 Å². The zero-order chi connectivity index (χ0) is 16.1. The van der Waals surface area contributed by atoms with E-state index in [0.717, 1.165) is 51.3 Å². The summed E-state index contributed by atoms with van der Waals surface area (Å²) in [6, 6.07) is 4.52. The number of anilines is 1. The van der Waals surface area contributed by atoms with Gasteiger partial charge in [-0.25, -0.2) is 4.98 Å². The van der Waals surface area contributed by atoms with E-state index in [4.69, 9.17) is 0 Å². The van der Waals surface area contributed by atoms with E-state index < -0.39 is 0 Å². The average Bonchev–Trinajstić information content (AvgIpc) is 3.08. The maximum atomic E-state index is 12.1. The maximum Gasteiger partial charge on any atom is 0.220 e. The Balaban J connectivity index is 0.00000208. The molecule has 26 heavy (non-hydrogen) atoms. The van der Waals surface area contributed by atoms with E-state index in [9.17, 15) is 4.79 Å². The van der Waals surface area contributed by atoms with Crippen molar-refractivity contribution in [3.8, 4) is 0 Å². The molecule has 0 aliphatic carbocycles. The first kappa shape index (κ1) is 25.2. The largest absolute Gasteiger partial charge is 0.356 e. The zero-order valence-electron chi connectivity index (χ0n) is 15.3. The molecule has 0 spiro atoms. The third-order valence-electron chi connectivity index (χ3n) is 5.02. The number of pyridine rings is 1. The van der Waals surface area contributed by atoms with Gasteiger partial charge in [0.05, 0.1) is 0 Å². The molecule has 2 saturated heterocycles. The van der Waals surface area contributed by atoms with E-state index in [1.54, 1.807) is 0 Å². The summed E-state index contributed by atoms with van der Waals surface area (Å²) in [6.45, 7) is 6.17. The van der Waals surface area contributed by atoms with Crippen LogP contribution >= 0.6 is 37.2 Å². The maximum absolute atomic E-state index is 12.1. The van der Waals surface area contributed by atoms with Crippen molar-refractivity contribution in [3.63, 3.8) is 0 Å². The third kappa shape index (κ3) is 7.47. The lowest BCUT2D eigenvalue weighted by molar-refractivity contribution is -0.122. The van der Waals surface area contributed by atoms with E-state index in [2.05, 4.69) is 39.6 Å². The van der Waals surface area contributed by atoms with E-state index in [1.807, 2.05) is 6.20 Å². The molecule has 3 rings (SSSR count). The van der Waals surface area contributed by atoms with Crippen molar-refractivity contribution in [1.29, 1.82) is 0 Å². The molecule has 2 aliphatic rings. The third-order valence-corrected chi connectivity index (χ3v) is 5.02. The first-order chi connectivity index (χ1) is 11.2. The number of nitrogens with one attached hydrogen (secondary N) is 2. The number of hydrogen-bond donors (Lipinski definition) is 2. The molecule has 0 aromatic carbocycles. The summed E-state index contributed by atoms with van der Waals surface area (Å²) >= 11 is 0. The number of amides is 1. The smallest absolute Gasteiger partial charge is 0.220 e. The summed E-state index contributed by atoms with van der Waals surface area (Å²) in [6.07, 6.45) is 6.84. The summed E-state index contributed by atoms with van der Waals surface area (Å²) in [4.78, 5) is 18.9. The summed E-state index contributed by atoms with van der Waals surface area (Å²) in [5, 5.41) is 6.58. The Bertz CT molecular complexity index is 516. The first-order valence-corrected chi connectivity index (χ1v) is 8.88. The van der Waals surface area contributed by atoms with Gasteiger partial charge in [0, 0.05) is 31.7 Å². The number of carbonyl (C=O) groups is 1. The molecule has 1 atom stereocenters. The molecule has 3 heterocycles. The number of piperidine rings is 1. The van der Waals surface area contributed by atoms with Crippen LogP contribution in [0.25, 0.3) is 0 Å². The molecular formula is C18H31Cl3N4O. The quantitative estimate of drug-likeness (QED) is 0.761. The van der Waals surface area contributed by atoms with Gasteiger partial charge < -0.3 is 15.5 Å². The Morgan fingerprint density at radius 3 is 2.54 bits per heavy atom. The zero-order valence-corrected chi connectivity index (χ0v) is 17.7. The van der Waals surface area contributed by atoms with E-state index >= 15 is 0 Å². The fourth-order valence-corrected chi connectivity index (χ4v) is 3.50. The highest BCUT2D eigenvalue weighted by atomic mass is 35.5. The van der Waals surface area contributed by atoms with Crippen molar-refractivity contribution in [2.24, 2.45) is 5.92 Å². The Labute approximate surface area is 175 Å². The van der Waals surface area contributed by atoms with Crippen molar-refractivity contribution in [2.75, 3.05) is 31.1 Å². The van der Waals surface area contributed by atoms with Crippen molar-refractivity contribution in [3.05, 3.63) is 23.9 Å². The number of hydrogen-bond acceptors (Lipinski definition) is 4. The van der Waals surface area contributed by atoms with Crippen LogP contribution in [-0.4, -0.2) is 43.1 Å². The van der Waals surface area contributed by atoms with Crippen LogP contribution in [0.1, 0.15) is 37.7 Å². The minimum atomic E-state index is 0. The Kier molecular flexibility index (Phi) is 12.2. The van der Waals surface area contributed by atoms with Crippen LogP contribution in [0.4, 0.5) is 5.82 Å². The second kappa shape index (κ2) is 12.6. The molecule has 2 fully saturated rings. The molecule has 0 bridgehead atoms. The first-order valence-electron chi connectivity index (χ1n) is 8.88. The molecule has 1 aromatic heterocycles. The number of aryl methyl sites for hydroxylation is 1. The van der Waals surface area contributed by atoms with Crippen LogP contribution in [0, 0.1) is 12.8 Å². The molecule has 1 unspecified atom stereocenters. The van der Waals surface area contributed by atoms with E-state index in [-0.39, 0.29) is 43.1 Å². The number of aromatic nitrogens is 1. The van der Waals surface area contributed by atoms with Crippen molar-refractivity contribution in [2.45, 2.75) is 45.1 Å². The molecule has 1 amide bonds. The number of carbonyl (C=O) groups excluding carboxylic acids is 1. The highest BCUT2D eigenvalue weighted by Crippen LogP contribution is 2.19. The molecule has 0 saturated carbocycles. The highest BCUT2D eigenvalue weighted by Gasteiger charge is 2.22. The fraction of sp³-hybridized carbons (Fsp3) is 0.667. The Hall–Kier alpha value is -0.750. The van der Waals surface area contributed by atoms with E-state index in [1.165, 1.54) is 12.0 Å². The minimum absolute atomic E-state index is 0. The van der Waals surface area contributed by atoms with Gasteiger partial charge in [-0.2, -0.15) is 0 Å². The van der Waals surface area contributed by atoms with Gasteiger partial charge in [0.2, 0.25) is 5.91 Å². The van der Waals surface area contributed by atoms with Crippen LogP contribution in [0.2, 0.25) is 0 Å². The van der Waals surface area contributed by atoms with Crippen LogP contribution in [-0.2, 0) is 4.79 Å². The summed E-state index contributed by atoms with van der Waals surface area (Å²) in [7, 11) is 0. The molecule has 5 nitrogen and oxygen atoms in total. The monoisotopic (exact) mass is 424 g/mol. The topological polar surface area (TPSA) is 57.3 Å². The number of halogens is 3.